The highest BCUT2D eigenvalue weighted by atomic mass is 32.2. The number of carbonyl (C=O) groups excluding carboxylic acids is 1. The zero-order chi connectivity index (χ0) is 27.4. The Morgan fingerprint density at radius 1 is 1.08 bits per heavy atom. The first-order chi connectivity index (χ1) is 16.7. The molecule has 2 aromatic heterocycles. The van der Waals surface area contributed by atoms with Crippen LogP contribution in [0.15, 0.2) is 46.0 Å². The highest BCUT2D eigenvalue weighted by molar-refractivity contribution is 7.92. The molecule has 0 aliphatic carbocycles. The summed E-state index contributed by atoms with van der Waals surface area (Å²) in [7, 11) is 3.47. The molecular formula is C22H32N8O5S. The molecule has 0 aliphatic rings. The van der Waals surface area contributed by atoms with E-state index in [2.05, 4.69) is 27.0 Å². The molecule has 0 fully saturated rings. The number of aromatic nitrogens is 4. The van der Waals surface area contributed by atoms with Gasteiger partial charge in [0.1, 0.15) is 17.1 Å². The first kappa shape index (κ1) is 28.2. The molecular weight excluding hydrogens is 488 g/mol. The maximum atomic E-state index is 13.2. The summed E-state index contributed by atoms with van der Waals surface area (Å²) in [6, 6.07) is 0. The van der Waals surface area contributed by atoms with Crippen molar-refractivity contribution >= 4 is 38.8 Å². The summed E-state index contributed by atoms with van der Waals surface area (Å²) >= 11 is 0. The Morgan fingerprint density at radius 3 is 2.17 bits per heavy atom. The van der Waals surface area contributed by atoms with Crippen LogP contribution in [0.3, 0.4) is 0 Å². The van der Waals surface area contributed by atoms with E-state index in [1.165, 1.54) is 44.8 Å². The summed E-state index contributed by atoms with van der Waals surface area (Å²) in [5.41, 5.74) is -0.900. The average Bonchev–Trinajstić information content (AvgIpc) is 3.10. The van der Waals surface area contributed by atoms with Crippen LogP contribution < -0.4 is 26.5 Å². The number of amides is 1. The van der Waals surface area contributed by atoms with Crippen molar-refractivity contribution in [2.45, 2.75) is 6.92 Å². The van der Waals surface area contributed by atoms with Gasteiger partial charge in [0.25, 0.3) is 17.0 Å². The molecule has 0 bridgehead atoms. The molecule has 13 nitrogen and oxygen atoms in total. The highest BCUT2D eigenvalue weighted by Crippen LogP contribution is 2.31. The van der Waals surface area contributed by atoms with Gasteiger partial charge >= 0.3 is 0 Å². The van der Waals surface area contributed by atoms with E-state index in [4.69, 9.17) is 0 Å². The number of rotatable bonds is 10. The number of anilines is 4. The first-order valence-corrected chi connectivity index (χ1v) is 12.6. The third-order valence-electron chi connectivity index (χ3n) is 5.14. The van der Waals surface area contributed by atoms with E-state index in [9.17, 15) is 22.8 Å². The minimum absolute atomic E-state index is 0.00701. The Bertz CT molecular complexity index is 1460. The Hall–Kier alpha value is -4.07. The molecule has 196 valence electrons. The molecule has 2 rings (SSSR count). The van der Waals surface area contributed by atoms with Crippen LogP contribution >= 0.6 is 0 Å². The summed E-state index contributed by atoms with van der Waals surface area (Å²) < 4.78 is 29.9. The Labute approximate surface area is 209 Å². The molecule has 14 heteroatoms. The molecule has 36 heavy (non-hydrogen) atoms. The van der Waals surface area contributed by atoms with Gasteiger partial charge in [0.15, 0.2) is 11.5 Å². The van der Waals surface area contributed by atoms with Crippen molar-refractivity contribution in [1.82, 2.24) is 24.0 Å². The second-order valence-electron chi connectivity index (χ2n) is 8.13. The van der Waals surface area contributed by atoms with Crippen LogP contribution in [-0.2, 0) is 31.2 Å². The van der Waals surface area contributed by atoms with Crippen LogP contribution in [-0.4, -0.2) is 65.3 Å². The minimum Gasteiger partial charge on any atom is -0.375 e. The summed E-state index contributed by atoms with van der Waals surface area (Å²) in [6.45, 7) is 5.79. The molecule has 2 heterocycles. The molecule has 0 unspecified atom stereocenters. The summed E-state index contributed by atoms with van der Waals surface area (Å²) in [5, 5.41) is 9.97. The fraction of sp³-hybridized carbons (Fsp3) is 0.364. The SMILES string of the molecule is C=C/C(=C\C=C/C)CNc1c(Nc2c(NS(C)(=O)=O)c(C(=O)N(C)C)nn2C)c(=O)n(C)n(C)c1=O. The van der Waals surface area contributed by atoms with E-state index >= 15 is 0 Å². The van der Waals surface area contributed by atoms with Crippen LogP contribution in [0.25, 0.3) is 0 Å². The van der Waals surface area contributed by atoms with Gasteiger partial charge in [0.2, 0.25) is 10.0 Å². The second-order valence-corrected chi connectivity index (χ2v) is 9.88. The molecule has 1 amide bonds. The van der Waals surface area contributed by atoms with Crippen molar-refractivity contribution < 1.29 is 13.2 Å². The number of nitrogens with one attached hydrogen (secondary N) is 3. The maximum Gasteiger partial charge on any atom is 0.291 e. The van der Waals surface area contributed by atoms with E-state index < -0.39 is 27.0 Å². The van der Waals surface area contributed by atoms with Gasteiger partial charge in [0.05, 0.1) is 6.26 Å². The monoisotopic (exact) mass is 520 g/mol. The molecule has 0 saturated heterocycles. The molecule has 0 spiro atoms. The third-order valence-corrected chi connectivity index (χ3v) is 5.71. The van der Waals surface area contributed by atoms with Gasteiger partial charge in [-0.25, -0.2) is 22.5 Å². The van der Waals surface area contributed by atoms with Crippen molar-refractivity contribution in [1.29, 1.82) is 0 Å². The van der Waals surface area contributed by atoms with Crippen LogP contribution in [0.1, 0.15) is 17.4 Å². The predicted octanol–water partition coefficient (Wildman–Crippen LogP) is 0.735. The van der Waals surface area contributed by atoms with Gasteiger partial charge in [-0.1, -0.05) is 30.9 Å². The minimum atomic E-state index is -3.84. The molecule has 0 aliphatic heterocycles. The second kappa shape index (κ2) is 11.1. The molecule has 0 saturated carbocycles. The lowest BCUT2D eigenvalue weighted by atomic mass is 10.2. The Morgan fingerprint density at radius 2 is 1.67 bits per heavy atom. The smallest absolute Gasteiger partial charge is 0.291 e. The third kappa shape index (κ3) is 6.13. The zero-order valence-electron chi connectivity index (χ0n) is 21.4. The Balaban J connectivity index is 2.75. The lowest BCUT2D eigenvalue weighted by Gasteiger charge is -2.18. The maximum absolute atomic E-state index is 13.2. The molecule has 3 N–H and O–H groups in total. The predicted molar refractivity (Wildman–Crippen MR) is 141 cm³/mol. The van der Waals surface area contributed by atoms with Crippen LogP contribution in [0.5, 0.6) is 0 Å². The van der Waals surface area contributed by atoms with Crippen LogP contribution in [0.4, 0.5) is 22.9 Å². The molecule has 0 atom stereocenters. The van der Waals surface area contributed by atoms with Gasteiger partial charge in [-0.2, -0.15) is 5.10 Å². The normalized spacial score (nSPS) is 12.0. The van der Waals surface area contributed by atoms with Gasteiger partial charge < -0.3 is 15.5 Å². The van der Waals surface area contributed by atoms with E-state index in [-0.39, 0.29) is 35.1 Å². The zero-order valence-corrected chi connectivity index (χ0v) is 22.2. The van der Waals surface area contributed by atoms with Crippen molar-refractivity contribution in [3.05, 3.63) is 62.9 Å². The summed E-state index contributed by atoms with van der Waals surface area (Å²) in [4.78, 5) is 40.3. The van der Waals surface area contributed by atoms with E-state index in [1.54, 1.807) is 12.2 Å². The van der Waals surface area contributed by atoms with Crippen LogP contribution in [0.2, 0.25) is 0 Å². The molecule has 0 aromatic carbocycles. The fourth-order valence-electron chi connectivity index (χ4n) is 3.13. The van der Waals surface area contributed by atoms with Crippen molar-refractivity contribution in [2.75, 3.05) is 42.3 Å². The standard InChI is InChI=1S/C22H32N8O5S/c1-9-11-12-14(10-2)13-23-16-17(22(33)30(7)29(6)21(16)32)24-19-15(26-36(8,34)35)18(25-28(19)5)20(31)27(3)4/h9-12,23-24,26H,2,13H2,1,3-8H3/b11-9-,14-12+. The summed E-state index contributed by atoms with van der Waals surface area (Å²) in [6.07, 6.45) is 7.97. The van der Waals surface area contributed by atoms with Gasteiger partial charge in [0, 0.05) is 41.8 Å². The quantitative estimate of drug-likeness (QED) is 0.388. The number of hydrogen-bond acceptors (Lipinski definition) is 8. The van der Waals surface area contributed by atoms with E-state index in [0.29, 0.717) is 0 Å². The first-order valence-electron chi connectivity index (χ1n) is 10.7. The number of allylic oxidation sites excluding steroid dienone is 3. The van der Waals surface area contributed by atoms with Gasteiger partial charge in [-0.3, -0.25) is 19.1 Å². The summed E-state index contributed by atoms with van der Waals surface area (Å²) in [5.74, 6) is -0.572. The van der Waals surface area contributed by atoms with Gasteiger partial charge in [-0.05, 0) is 12.5 Å². The molecule has 2 aromatic rings. The van der Waals surface area contributed by atoms with E-state index in [0.717, 1.165) is 21.2 Å². The molecule has 0 radical (unpaired) electrons. The van der Waals surface area contributed by atoms with E-state index in [1.807, 2.05) is 19.1 Å². The lowest BCUT2D eigenvalue weighted by Crippen LogP contribution is -2.38. The fourth-order valence-corrected chi connectivity index (χ4v) is 3.69. The van der Waals surface area contributed by atoms with Crippen molar-refractivity contribution in [3.8, 4) is 0 Å². The number of aryl methyl sites for hydroxylation is 1. The topological polar surface area (TPSA) is 152 Å². The number of sulfonamides is 1. The average molecular weight is 521 g/mol. The number of hydrogen-bond donors (Lipinski definition) is 3. The van der Waals surface area contributed by atoms with Gasteiger partial charge in [-0.15, -0.1) is 0 Å². The lowest BCUT2D eigenvalue weighted by molar-refractivity contribution is 0.0822. The largest absolute Gasteiger partial charge is 0.375 e. The van der Waals surface area contributed by atoms with Crippen molar-refractivity contribution in [2.24, 2.45) is 21.1 Å². The highest BCUT2D eigenvalue weighted by Gasteiger charge is 2.27. The van der Waals surface area contributed by atoms with Crippen molar-refractivity contribution in [3.63, 3.8) is 0 Å². The number of nitrogens with zero attached hydrogens (tertiary/aromatic N) is 5. The Kier molecular flexibility index (Phi) is 8.70. The van der Waals surface area contributed by atoms with Crippen LogP contribution in [0, 0.1) is 0 Å². The number of carbonyl (C=O) groups is 1.